The Hall–Kier alpha value is -3.32. The Labute approximate surface area is 244 Å². The monoisotopic (exact) mass is 531 g/mol. The lowest BCUT2D eigenvalue weighted by molar-refractivity contribution is 0.0728. The molecule has 0 saturated heterocycles. The Balaban J connectivity index is 1.74. The van der Waals surface area contributed by atoms with Gasteiger partial charge < -0.3 is 4.90 Å². The number of para-hydroxylation sites is 2. The zero-order chi connectivity index (χ0) is 28.8. The van der Waals surface area contributed by atoms with Gasteiger partial charge in [0, 0.05) is 17.1 Å². The van der Waals surface area contributed by atoms with Gasteiger partial charge in [0.2, 0.25) is 0 Å². The van der Waals surface area contributed by atoms with E-state index in [4.69, 9.17) is 0 Å². The van der Waals surface area contributed by atoms with Gasteiger partial charge in [-0.15, -0.1) is 0 Å². The molecule has 4 rings (SSSR count). The third-order valence-electron chi connectivity index (χ3n) is 10.4. The first kappa shape index (κ1) is 29.7. The van der Waals surface area contributed by atoms with Crippen LogP contribution < -0.4 is 4.90 Å². The van der Waals surface area contributed by atoms with Crippen molar-refractivity contribution in [1.29, 1.82) is 0 Å². The van der Waals surface area contributed by atoms with Crippen LogP contribution in [-0.4, -0.2) is 0 Å². The van der Waals surface area contributed by atoms with Gasteiger partial charge in [-0.2, -0.15) is 0 Å². The molecular weight excluding hydrogens is 482 g/mol. The summed E-state index contributed by atoms with van der Waals surface area (Å²) in [6, 6.07) is 39.7. The molecule has 4 aromatic rings. The molecule has 1 atom stereocenters. The Morgan fingerprint density at radius 2 is 1.00 bits per heavy atom. The van der Waals surface area contributed by atoms with Crippen LogP contribution >= 0.6 is 0 Å². The lowest BCUT2D eigenvalue weighted by Gasteiger charge is -2.51. The van der Waals surface area contributed by atoms with E-state index >= 15 is 0 Å². The van der Waals surface area contributed by atoms with Crippen molar-refractivity contribution < 1.29 is 0 Å². The molecule has 1 unspecified atom stereocenters. The molecule has 0 saturated carbocycles. The summed E-state index contributed by atoms with van der Waals surface area (Å²) >= 11 is 0. The standard InChI is InChI=1S/C39H49N/c1-8-37(5,9-2)30-39(7,38(6,10-3)11-4)33-27-25-31(26-28-33)32-19-18-24-36(29-32)40(34-20-14-12-15-21-34)35-22-16-13-17-23-35/h12-29H,8-11,30H2,1-7H3. The minimum atomic E-state index is 0.106. The zero-order valence-electron chi connectivity index (χ0n) is 25.9. The van der Waals surface area contributed by atoms with Crippen LogP contribution in [0.25, 0.3) is 11.1 Å². The van der Waals surface area contributed by atoms with Gasteiger partial charge in [0.05, 0.1) is 0 Å². The van der Waals surface area contributed by atoms with E-state index in [9.17, 15) is 0 Å². The van der Waals surface area contributed by atoms with Gasteiger partial charge in [-0.3, -0.25) is 0 Å². The van der Waals surface area contributed by atoms with Crippen LogP contribution in [0.15, 0.2) is 109 Å². The maximum Gasteiger partial charge on any atom is 0.0467 e. The molecule has 40 heavy (non-hydrogen) atoms. The van der Waals surface area contributed by atoms with E-state index in [-0.39, 0.29) is 10.8 Å². The molecule has 0 heterocycles. The van der Waals surface area contributed by atoms with Crippen molar-refractivity contribution in [1.82, 2.24) is 0 Å². The van der Waals surface area contributed by atoms with E-state index in [0.29, 0.717) is 5.41 Å². The minimum absolute atomic E-state index is 0.106. The molecule has 0 bridgehead atoms. The van der Waals surface area contributed by atoms with E-state index in [1.54, 1.807) is 0 Å². The predicted octanol–water partition coefficient (Wildman–Crippen LogP) is 12.1. The van der Waals surface area contributed by atoms with Gasteiger partial charge in [-0.25, -0.2) is 0 Å². The first-order valence-corrected chi connectivity index (χ1v) is 15.3. The Morgan fingerprint density at radius 3 is 1.48 bits per heavy atom. The third kappa shape index (κ3) is 5.90. The number of hydrogen-bond acceptors (Lipinski definition) is 1. The van der Waals surface area contributed by atoms with Crippen LogP contribution in [0, 0.1) is 10.8 Å². The maximum absolute atomic E-state index is 2.54. The van der Waals surface area contributed by atoms with Gasteiger partial charge in [-0.05, 0) is 88.6 Å². The fourth-order valence-electron chi connectivity index (χ4n) is 6.50. The Kier molecular flexibility index (Phi) is 9.24. The minimum Gasteiger partial charge on any atom is -0.310 e. The fourth-order valence-corrected chi connectivity index (χ4v) is 6.50. The number of benzene rings is 4. The van der Waals surface area contributed by atoms with E-state index in [1.807, 2.05) is 0 Å². The van der Waals surface area contributed by atoms with E-state index < -0.39 is 0 Å². The van der Waals surface area contributed by atoms with Crippen LogP contribution in [0.4, 0.5) is 17.1 Å². The van der Waals surface area contributed by atoms with Crippen LogP contribution in [-0.2, 0) is 5.41 Å². The highest BCUT2D eigenvalue weighted by atomic mass is 15.1. The number of anilines is 3. The van der Waals surface area contributed by atoms with Gasteiger partial charge in [0.25, 0.3) is 0 Å². The zero-order valence-corrected chi connectivity index (χ0v) is 25.9. The first-order chi connectivity index (χ1) is 19.2. The Bertz CT molecular complexity index is 1290. The van der Waals surface area contributed by atoms with Gasteiger partial charge in [0.15, 0.2) is 0 Å². The Morgan fingerprint density at radius 1 is 0.500 bits per heavy atom. The molecule has 0 N–H and O–H groups in total. The second-order valence-electron chi connectivity index (χ2n) is 12.4. The average Bonchev–Trinajstić information content (AvgIpc) is 3.02. The fraction of sp³-hybridized carbons (Fsp3) is 0.385. The highest BCUT2D eigenvalue weighted by Crippen LogP contribution is 2.54. The van der Waals surface area contributed by atoms with Gasteiger partial charge in [0.1, 0.15) is 0 Å². The molecule has 1 heteroatoms. The molecule has 0 amide bonds. The summed E-state index contributed by atoms with van der Waals surface area (Å²) in [6.45, 7) is 17.0. The summed E-state index contributed by atoms with van der Waals surface area (Å²) in [7, 11) is 0. The highest BCUT2D eigenvalue weighted by molar-refractivity contribution is 5.79. The highest BCUT2D eigenvalue weighted by Gasteiger charge is 2.46. The normalized spacial score (nSPS) is 13.6. The molecule has 210 valence electrons. The second-order valence-corrected chi connectivity index (χ2v) is 12.4. The van der Waals surface area contributed by atoms with Gasteiger partial charge in [-0.1, -0.05) is 134 Å². The molecule has 1 nitrogen and oxygen atoms in total. The first-order valence-electron chi connectivity index (χ1n) is 15.3. The van der Waals surface area contributed by atoms with Crippen LogP contribution in [0.3, 0.4) is 0 Å². The number of rotatable bonds is 12. The van der Waals surface area contributed by atoms with E-state index in [0.717, 1.165) is 17.1 Å². The van der Waals surface area contributed by atoms with Crippen LogP contribution in [0.2, 0.25) is 0 Å². The van der Waals surface area contributed by atoms with Crippen molar-refractivity contribution in [2.75, 3.05) is 4.90 Å². The number of nitrogens with zero attached hydrogens (tertiary/aromatic N) is 1. The average molecular weight is 532 g/mol. The third-order valence-corrected chi connectivity index (χ3v) is 10.4. The van der Waals surface area contributed by atoms with Crippen LogP contribution in [0.5, 0.6) is 0 Å². The summed E-state index contributed by atoms with van der Waals surface area (Å²) in [5, 5.41) is 0. The molecule has 0 spiro atoms. The van der Waals surface area contributed by atoms with Crippen LogP contribution in [0.1, 0.15) is 86.1 Å². The molecule has 0 radical (unpaired) electrons. The quantitative estimate of drug-likeness (QED) is 0.176. The molecular formula is C39H49N. The summed E-state index contributed by atoms with van der Waals surface area (Å²) < 4.78 is 0. The largest absolute Gasteiger partial charge is 0.310 e. The topological polar surface area (TPSA) is 3.24 Å². The second kappa shape index (κ2) is 12.5. The summed E-state index contributed by atoms with van der Waals surface area (Å²) in [4.78, 5) is 2.33. The van der Waals surface area contributed by atoms with Gasteiger partial charge >= 0.3 is 0 Å². The van der Waals surface area contributed by atoms with Crippen molar-refractivity contribution in [2.24, 2.45) is 10.8 Å². The predicted molar refractivity (Wildman–Crippen MR) is 176 cm³/mol. The molecule has 0 aliphatic rings. The van der Waals surface area contributed by atoms with Crippen molar-refractivity contribution in [3.05, 3.63) is 115 Å². The van der Waals surface area contributed by atoms with E-state index in [1.165, 1.54) is 48.8 Å². The van der Waals surface area contributed by atoms with E-state index in [2.05, 4.69) is 163 Å². The lowest BCUT2D eigenvalue weighted by atomic mass is 9.53. The van der Waals surface area contributed by atoms with Crippen molar-refractivity contribution in [2.45, 2.75) is 86.0 Å². The maximum atomic E-state index is 2.54. The SMILES string of the molecule is CCC(C)(CC)CC(C)(c1ccc(-c2cccc(N(c3ccccc3)c3ccccc3)c2)cc1)C(C)(CC)CC. The number of hydrogen-bond donors (Lipinski definition) is 0. The molecule has 0 fully saturated rings. The van der Waals surface area contributed by atoms with Crippen molar-refractivity contribution >= 4 is 17.1 Å². The summed E-state index contributed by atoms with van der Waals surface area (Å²) in [5.74, 6) is 0. The molecule has 0 aromatic heterocycles. The molecule has 0 aliphatic heterocycles. The molecule has 4 aromatic carbocycles. The summed E-state index contributed by atoms with van der Waals surface area (Å²) in [6.07, 6.45) is 6.01. The molecule has 0 aliphatic carbocycles. The lowest BCUT2D eigenvalue weighted by Crippen LogP contribution is -2.44. The smallest absolute Gasteiger partial charge is 0.0467 e. The summed E-state index contributed by atoms with van der Waals surface area (Å²) in [5.41, 5.74) is 8.14. The van der Waals surface area contributed by atoms with Crippen molar-refractivity contribution in [3.8, 4) is 11.1 Å². The van der Waals surface area contributed by atoms with Crippen molar-refractivity contribution in [3.63, 3.8) is 0 Å².